The molecule has 0 aliphatic heterocycles. The van der Waals surface area contributed by atoms with E-state index in [0.717, 1.165) is 0 Å². The average Bonchev–Trinajstić information content (AvgIpc) is 2.08. The number of nitrogens with zero attached hydrogens (tertiary/aromatic N) is 2. The van der Waals surface area contributed by atoms with Gasteiger partial charge in [0.25, 0.3) is 0 Å². The van der Waals surface area contributed by atoms with E-state index in [9.17, 15) is 4.79 Å². The highest BCUT2D eigenvalue weighted by Gasteiger charge is 2.07. The van der Waals surface area contributed by atoms with E-state index in [-0.39, 0.29) is 6.42 Å². The van der Waals surface area contributed by atoms with Crippen molar-refractivity contribution in [1.29, 1.82) is 0 Å². The van der Waals surface area contributed by atoms with E-state index < -0.39 is 5.97 Å². The maximum Gasteiger partial charge on any atom is 0.309 e. The molecule has 0 aliphatic carbocycles. The molecule has 1 rings (SSSR count). The molecule has 1 aromatic rings. The van der Waals surface area contributed by atoms with Gasteiger partial charge in [0, 0.05) is 12.6 Å². The van der Waals surface area contributed by atoms with Gasteiger partial charge in [-0.2, -0.15) is 0 Å². The molecule has 0 bridgehead atoms. The summed E-state index contributed by atoms with van der Waals surface area (Å²) >= 11 is 3.20. The molecular weight excluding hydrogens is 236 g/mol. The first kappa shape index (κ1) is 10.1. The first-order valence-electron chi connectivity index (χ1n) is 3.85. The summed E-state index contributed by atoms with van der Waals surface area (Å²) in [6.45, 7) is 1.92. The number of carboxylic acids is 1. The molecule has 0 radical (unpaired) electrons. The van der Waals surface area contributed by atoms with Crippen molar-refractivity contribution in [1.82, 2.24) is 9.97 Å². The molecule has 13 heavy (non-hydrogen) atoms. The van der Waals surface area contributed by atoms with Gasteiger partial charge in [-0.05, 0) is 15.9 Å². The fourth-order valence-corrected chi connectivity index (χ4v) is 1.21. The summed E-state index contributed by atoms with van der Waals surface area (Å²) in [6.07, 6.45) is 2.22. The highest BCUT2D eigenvalue weighted by molar-refractivity contribution is 9.10. The predicted molar refractivity (Wildman–Crippen MR) is 50.4 cm³/mol. The first-order chi connectivity index (χ1) is 6.13. The molecule has 70 valence electrons. The van der Waals surface area contributed by atoms with E-state index in [0.29, 0.717) is 22.4 Å². The van der Waals surface area contributed by atoms with Crippen molar-refractivity contribution in [2.45, 2.75) is 19.8 Å². The fourth-order valence-electron chi connectivity index (χ4n) is 0.881. The van der Waals surface area contributed by atoms with E-state index in [1.807, 2.05) is 6.92 Å². The molecule has 0 spiro atoms. The van der Waals surface area contributed by atoms with Crippen LogP contribution >= 0.6 is 15.9 Å². The fraction of sp³-hybridized carbons (Fsp3) is 0.375. The third kappa shape index (κ3) is 2.77. The minimum Gasteiger partial charge on any atom is -0.481 e. The molecule has 0 saturated heterocycles. The number of rotatable bonds is 3. The number of halogens is 1. The lowest BCUT2D eigenvalue weighted by atomic mass is 10.3. The van der Waals surface area contributed by atoms with E-state index in [1.54, 1.807) is 6.20 Å². The Balaban J connectivity index is 2.96. The van der Waals surface area contributed by atoms with E-state index in [1.165, 1.54) is 0 Å². The van der Waals surface area contributed by atoms with Crippen LogP contribution in [0, 0.1) is 0 Å². The van der Waals surface area contributed by atoms with Crippen LogP contribution in [-0.4, -0.2) is 21.0 Å². The lowest BCUT2D eigenvalue weighted by Crippen LogP contribution is -2.06. The molecule has 0 unspecified atom stereocenters. The summed E-state index contributed by atoms with van der Waals surface area (Å²) in [7, 11) is 0. The van der Waals surface area contributed by atoms with Crippen LogP contribution in [0.2, 0.25) is 0 Å². The van der Waals surface area contributed by atoms with E-state index in [4.69, 9.17) is 5.11 Å². The van der Waals surface area contributed by atoms with Crippen LogP contribution in [0.3, 0.4) is 0 Å². The van der Waals surface area contributed by atoms with Crippen LogP contribution in [0.1, 0.15) is 18.4 Å². The summed E-state index contributed by atoms with van der Waals surface area (Å²) in [6, 6.07) is 0. The summed E-state index contributed by atoms with van der Waals surface area (Å²) in [4.78, 5) is 18.5. The second-order valence-corrected chi connectivity index (χ2v) is 3.36. The third-order valence-electron chi connectivity index (χ3n) is 1.50. The molecular formula is C8H9BrN2O2. The normalized spacial score (nSPS) is 10.0. The number of aryl methyl sites for hydroxylation is 1. The minimum absolute atomic E-state index is 0.0733. The Labute approximate surface area is 84.2 Å². The summed E-state index contributed by atoms with van der Waals surface area (Å²) in [5, 5.41) is 8.57. The second-order valence-electron chi connectivity index (χ2n) is 2.50. The highest BCUT2D eigenvalue weighted by Crippen LogP contribution is 2.13. The van der Waals surface area contributed by atoms with Gasteiger partial charge in [0.15, 0.2) is 0 Å². The molecule has 0 amide bonds. The Hall–Kier alpha value is -0.970. The Morgan fingerprint density at radius 3 is 2.92 bits per heavy atom. The number of carboxylic acid groups (broad SMARTS) is 1. The lowest BCUT2D eigenvalue weighted by molar-refractivity contribution is -0.136. The van der Waals surface area contributed by atoms with E-state index >= 15 is 0 Å². The van der Waals surface area contributed by atoms with Crippen molar-refractivity contribution < 1.29 is 9.90 Å². The number of hydrogen-bond acceptors (Lipinski definition) is 3. The predicted octanol–water partition coefficient (Wildman–Crippen LogP) is 1.43. The van der Waals surface area contributed by atoms with Crippen molar-refractivity contribution >= 4 is 21.9 Å². The second kappa shape index (κ2) is 4.32. The zero-order valence-corrected chi connectivity index (χ0v) is 8.71. The smallest absolute Gasteiger partial charge is 0.309 e. The van der Waals surface area contributed by atoms with Crippen molar-refractivity contribution in [2.24, 2.45) is 0 Å². The summed E-state index contributed by atoms with van der Waals surface area (Å²) in [5.74, 6) is -0.221. The topological polar surface area (TPSA) is 63.1 Å². The molecule has 1 N–H and O–H groups in total. The van der Waals surface area contributed by atoms with Gasteiger partial charge in [0.1, 0.15) is 5.82 Å². The zero-order chi connectivity index (χ0) is 9.84. The highest BCUT2D eigenvalue weighted by atomic mass is 79.9. The van der Waals surface area contributed by atoms with Crippen LogP contribution < -0.4 is 0 Å². The van der Waals surface area contributed by atoms with Crippen LogP contribution in [0.5, 0.6) is 0 Å². The van der Waals surface area contributed by atoms with Gasteiger partial charge in [-0.15, -0.1) is 0 Å². The van der Waals surface area contributed by atoms with Crippen LogP contribution in [0.25, 0.3) is 0 Å². The number of hydrogen-bond donors (Lipinski definition) is 1. The van der Waals surface area contributed by atoms with Crippen LogP contribution in [0.15, 0.2) is 10.7 Å². The lowest BCUT2D eigenvalue weighted by Gasteiger charge is -2.01. The standard InChI is InChI=1S/C8H9BrN2O2/c1-2-7-10-4-5(9)6(11-7)3-8(12)13/h4H,2-3H2,1H3,(H,12,13). The molecule has 0 saturated carbocycles. The average molecular weight is 245 g/mol. The maximum atomic E-state index is 10.4. The number of carbonyl (C=O) groups is 1. The van der Waals surface area contributed by atoms with Crippen molar-refractivity contribution in [3.8, 4) is 0 Å². The van der Waals surface area contributed by atoms with Gasteiger partial charge in [0.2, 0.25) is 0 Å². The largest absolute Gasteiger partial charge is 0.481 e. The molecule has 1 heterocycles. The zero-order valence-electron chi connectivity index (χ0n) is 7.12. The summed E-state index contributed by atoms with van der Waals surface area (Å²) in [5.41, 5.74) is 0.527. The van der Waals surface area contributed by atoms with Gasteiger partial charge in [-0.3, -0.25) is 4.79 Å². The molecule has 0 aromatic carbocycles. The molecule has 5 heteroatoms. The summed E-state index contributed by atoms with van der Waals surface area (Å²) < 4.78 is 0.645. The minimum atomic E-state index is -0.888. The molecule has 0 fully saturated rings. The van der Waals surface area contributed by atoms with Crippen LogP contribution in [-0.2, 0) is 17.6 Å². The third-order valence-corrected chi connectivity index (χ3v) is 2.16. The number of aromatic nitrogens is 2. The van der Waals surface area contributed by atoms with Gasteiger partial charge < -0.3 is 5.11 Å². The van der Waals surface area contributed by atoms with E-state index in [2.05, 4.69) is 25.9 Å². The van der Waals surface area contributed by atoms with Gasteiger partial charge >= 0.3 is 5.97 Å². The molecule has 4 nitrogen and oxygen atoms in total. The van der Waals surface area contributed by atoms with Gasteiger partial charge in [-0.25, -0.2) is 9.97 Å². The molecule has 1 aromatic heterocycles. The van der Waals surface area contributed by atoms with Crippen molar-refractivity contribution in [2.75, 3.05) is 0 Å². The number of aliphatic carboxylic acids is 1. The molecule has 0 aliphatic rings. The van der Waals surface area contributed by atoms with Gasteiger partial charge in [-0.1, -0.05) is 6.92 Å². The van der Waals surface area contributed by atoms with Crippen molar-refractivity contribution in [3.05, 3.63) is 22.2 Å². The Morgan fingerprint density at radius 2 is 2.38 bits per heavy atom. The van der Waals surface area contributed by atoms with Crippen LogP contribution in [0.4, 0.5) is 0 Å². The Morgan fingerprint density at radius 1 is 1.69 bits per heavy atom. The SMILES string of the molecule is CCc1ncc(Br)c(CC(=O)O)n1. The van der Waals surface area contributed by atoms with Crippen molar-refractivity contribution in [3.63, 3.8) is 0 Å². The van der Waals surface area contributed by atoms with Gasteiger partial charge in [0.05, 0.1) is 16.6 Å². The Bertz CT molecular complexity index is 328. The molecule has 0 atom stereocenters. The maximum absolute atomic E-state index is 10.4. The Kier molecular flexibility index (Phi) is 3.36. The quantitative estimate of drug-likeness (QED) is 0.874. The monoisotopic (exact) mass is 244 g/mol. The first-order valence-corrected chi connectivity index (χ1v) is 4.65.